The van der Waals surface area contributed by atoms with Crippen molar-refractivity contribution in [1.82, 2.24) is 14.9 Å². The number of rotatable bonds is 4. The second-order valence-corrected chi connectivity index (χ2v) is 5.28. The molecule has 2 heterocycles. The molecule has 1 saturated heterocycles. The van der Waals surface area contributed by atoms with Gasteiger partial charge in [0.05, 0.1) is 0 Å². The van der Waals surface area contributed by atoms with Crippen LogP contribution in [0, 0.1) is 0 Å². The minimum atomic E-state index is 0.466. The van der Waals surface area contributed by atoms with Crippen LogP contribution >= 0.6 is 0 Å². The van der Waals surface area contributed by atoms with Crippen molar-refractivity contribution in [3.8, 4) is 0 Å². The van der Waals surface area contributed by atoms with Crippen LogP contribution in [0.5, 0.6) is 0 Å². The Labute approximate surface area is 110 Å². The van der Waals surface area contributed by atoms with Crippen molar-refractivity contribution in [2.75, 3.05) is 37.6 Å². The zero-order chi connectivity index (χ0) is 13.0. The van der Waals surface area contributed by atoms with E-state index >= 15 is 0 Å². The Kier molecular flexibility index (Phi) is 4.53. The Bertz CT molecular complexity index is 370. The van der Waals surface area contributed by atoms with Crippen LogP contribution in [-0.2, 0) is 0 Å². The van der Waals surface area contributed by atoms with Crippen molar-refractivity contribution in [1.29, 1.82) is 0 Å². The van der Waals surface area contributed by atoms with Gasteiger partial charge in [-0.2, -0.15) is 0 Å². The van der Waals surface area contributed by atoms with Gasteiger partial charge in [-0.1, -0.05) is 20.8 Å². The number of anilines is 1. The fraction of sp³-hybridized carbons (Fsp3) is 0.714. The molecule has 4 nitrogen and oxygen atoms in total. The van der Waals surface area contributed by atoms with Gasteiger partial charge in [-0.05, 0) is 18.9 Å². The van der Waals surface area contributed by atoms with Gasteiger partial charge in [0.15, 0.2) is 0 Å². The first-order valence-electron chi connectivity index (χ1n) is 7.00. The Hall–Kier alpha value is -1.16. The van der Waals surface area contributed by atoms with Crippen molar-refractivity contribution in [3.05, 3.63) is 18.1 Å². The summed E-state index contributed by atoms with van der Waals surface area (Å²) in [7, 11) is 0. The van der Waals surface area contributed by atoms with E-state index in [0.29, 0.717) is 5.92 Å². The minimum Gasteiger partial charge on any atom is -0.354 e. The Balaban J connectivity index is 1.98. The molecule has 0 spiro atoms. The maximum absolute atomic E-state index is 4.41. The maximum atomic E-state index is 4.41. The van der Waals surface area contributed by atoms with Gasteiger partial charge in [0, 0.05) is 37.9 Å². The zero-order valence-electron chi connectivity index (χ0n) is 11.8. The third-order valence-electron chi connectivity index (χ3n) is 3.50. The standard InChI is InChI=1S/C14H24N4/c1-4-5-17-6-8-18(9-7-17)14-10-13(12(2)3)15-11-16-14/h10-12H,4-9H2,1-3H3. The monoisotopic (exact) mass is 248 g/mol. The van der Waals surface area contributed by atoms with Crippen LogP contribution in [-0.4, -0.2) is 47.6 Å². The molecule has 0 amide bonds. The van der Waals surface area contributed by atoms with Gasteiger partial charge < -0.3 is 4.90 Å². The molecule has 1 aliphatic heterocycles. The molecular weight excluding hydrogens is 224 g/mol. The lowest BCUT2D eigenvalue weighted by Gasteiger charge is -2.35. The fourth-order valence-corrected chi connectivity index (χ4v) is 2.37. The highest BCUT2D eigenvalue weighted by atomic mass is 15.3. The normalized spacial score (nSPS) is 17.4. The highest BCUT2D eigenvalue weighted by Gasteiger charge is 2.17. The van der Waals surface area contributed by atoms with Crippen LogP contribution in [0.15, 0.2) is 12.4 Å². The van der Waals surface area contributed by atoms with E-state index in [1.807, 2.05) is 0 Å². The third kappa shape index (κ3) is 3.19. The highest BCUT2D eigenvalue weighted by molar-refractivity contribution is 5.40. The zero-order valence-corrected chi connectivity index (χ0v) is 11.8. The smallest absolute Gasteiger partial charge is 0.132 e. The van der Waals surface area contributed by atoms with Crippen LogP contribution in [0.1, 0.15) is 38.8 Å². The molecule has 0 radical (unpaired) electrons. The van der Waals surface area contributed by atoms with Crippen LogP contribution in [0.4, 0.5) is 5.82 Å². The Morgan fingerprint density at radius 2 is 1.89 bits per heavy atom. The highest BCUT2D eigenvalue weighted by Crippen LogP contribution is 2.18. The lowest BCUT2D eigenvalue weighted by atomic mass is 10.1. The molecule has 1 aromatic rings. The van der Waals surface area contributed by atoms with Crippen LogP contribution in [0.2, 0.25) is 0 Å². The van der Waals surface area contributed by atoms with Crippen LogP contribution in [0.25, 0.3) is 0 Å². The number of hydrogen-bond donors (Lipinski definition) is 0. The molecule has 0 N–H and O–H groups in total. The molecule has 1 aliphatic rings. The Morgan fingerprint density at radius 3 is 2.50 bits per heavy atom. The van der Waals surface area contributed by atoms with Gasteiger partial charge in [-0.15, -0.1) is 0 Å². The quantitative estimate of drug-likeness (QED) is 0.817. The number of hydrogen-bond acceptors (Lipinski definition) is 4. The molecule has 2 rings (SSSR count). The number of aromatic nitrogens is 2. The van der Waals surface area contributed by atoms with E-state index < -0.39 is 0 Å². The first-order chi connectivity index (χ1) is 8.70. The summed E-state index contributed by atoms with van der Waals surface area (Å²) in [6.07, 6.45) is 2.94. The molecule has 0 aliphatic carbocycles. The van der Waals surface area contributed by atoms with E-state index in [-0.39, 0.29) is 0 Å². The first kappa shape index (κ1) is 13.3. The fourth-order valence-electron chi connectivity index (χ4n) is 2.37. The van der Waals surface area contributed by atoms with Gasteiger partial charge in [0.25, 0.3) is 0 Å². The van der Waals surface area contributed by atoms with E-state index in [0.717, 1.165) is 37.7 Å². The van der Waals surface area contributed by atoms with E-state index in [4.69, 9.17) is 0 Å². The Morgan fingerprint density at radius 1 is 1.17 bits per heavy atom. The summed E-state index contributed by atoms with van der Waals surface area (Å²) in [5.74, 6) is 1.55. The van der Waals surface area contributed by atoms with E-state index in [1.165, 1.54) is 13.0 Å². The molecule has 18 heavy (non-hydrogen) atoms. The van der Waals surface area contributed by atoms with Gasteiger partial charge in [0.2, 0.25) is 0 Å². The van der Waals surface area contributed by atoms with Crippen LogP contribution < -0.4 is 4.90 Å². The van der Waals surface area contributed by atoms with E-state index in [2.05, 4.69) is 46.6 Å². The van der Waals surface area contributed by atoms with Gasteiger partial charge in [0.1, 0.15) is 12.1 Å². The SMILES string of the molecule is CCCN1CCN(c2cc(C(C)C)ncn2)CC1. The van der Waals surface area contributed by atoms with E-state index in [1.54, 1.807) is 6.33 Å². The molecular formula is C14H24N4. The van der Waals surface area contributed by atoms with Crippen molar-refractivity contribution >= 4 is 5.82 Å². The predicted octanol–water partition coefficient (Wildman–Crippen LogP) is 2.13. The van der Waals surface area contributed by atoms with Crippen LogP contribution in [0.3, 0.4) is 0 Å². The second-order valence-electron chi connectivity index (χ2n) is 5.28. The average molecular weight is 248 g/mol. The number of nitrogens with zero attached hydrogens (tertiary/aromatic N) is 4. The minimum absolute atomic E-state index is 0.466. The van der Waals surface area contributed by atoms with Crippen molar-refractivity contribution < 1.29 is 0 Å². The summed E-state index contributed by atoms with van der Waals surface area (Å²) < 4.78 is 0. The number of piperazine rings is 1. The average Bonchev–Trinajstić information content (AvgIpc) is 2.40. The van der Waals surface area contributed by atoms with Crippen molar-refractivity contribution in [2.45, 2.75) is 33.1 Å². The van der Waals surface area contributed by atoms with Gasteiger partial charge >= 0.3 is 0 Å². The van der Waals surface area contributed by atoms with Crippen molar-refractivity contribution in [3.63, 3.8) is 0 Å². The van der Waals surface area contributed by atoms with Gasteiger partial charge in [-0.3, -0.25) is 4.90 Å². The summed E-state index contributed by atoms with van der Waals surface area (Å²) in [6, 6.07) is 2.14. The predicted molar refractivity (Wildman–Crippen MR) is 75.1 cm³/mol. The third-order valence-corrected chi connectivity index (χ3v) is 3.50. The summed E-state index contributed by atoms with van der Waals surface area (Å²) in [6.45, 7) is 12.3. The molecule has 0 atom stereocenters. The van der Waals surface area contributed by atoms with E-state index in [9.17, 15) is 0 Å². The first-order valence-corrected chi connectivity index (χ1v) is 7.00. The van der Waals surface area contributed by atoms with Gasteiger partial charge in [-0.25, -0.2) is 9.97 Å². The van der Waals surface area contributed by atoms with Crippen molar-refractivity contribution in [2.24, 2.45) is 0 Å². The largest absolute Gasteiger partial charge is 0.354 e. The molecule has 0 bridgehead atoms. The lowest BCUT2D eigenvalue weighted by Crippen LogP contribution is -2.46. The molecule has 1 fully saturated rings. The second kappa shape index (κ2) is 6.14. The summed E-state index contributed by atoms with van der Waals surface area (Å²) in [4.78, 5) is 13.6. The topological polar surface area (TPSA) is 32.3 Å². The molecule has 4 heteroatoms. The lowest BCUT2D eigenvalue weighted by molar-refractivity contribution is 0.258. The maximum Gasteiger partial charge on any atom is 0.132 e. The molecule has 0 unspecified atom stereocenters. The molecule has 0 saturated carbocycles. The summed E-state index contributed by atoms with van der Waals surface area (Å²) in [5.41, 5.74) is 1.14. The molecule has 0 aromatic carbocycles. The summed E-state index contributed by atoms with van der Waals surface area (Å²) in [5, 5.41) is 0. The summed E-state index contributed by atoms with van der Waals surface area (Å²) >= 11 is 0. The molecule has 1 aromatic heterocycles. The molecule has 100 valence electrons.